The van der Waals surface area contributed by atoms with E-state index in [2.05, 4.69) is 228 Å². The van der Waals surface area contributed by atoms with Crippen LogP contribution >= 0.6 is 0 Å². The maximum absolute atomic E-state index is 12.8. The summed E-state index contributed by atoms with van der Waals surface area (Å²) in [7, 11) is 0. The van der Waals surface area contributed by atoms with Crippen molar-refractivity contribution in [2.45, 2.75) is 118 Å². The van der Waals surface area contributed by atoms with Crippen molar-refractivity contribution in [3.63, 3.8) is 0 Å². The van der Waals surface area contributed by atoms with Gasteiger partial charge in [-0.05, 0) is 145 Å². The summed E-state index contributed by atoms with van der Waals surface area (Å²) in [5.41, 5.74) is 19.0. The van der Waals surface area contributed by atoms with Crippen molar-refractivity contribution in [3.8, 4) is 67.5 Å². The summed E-state index contributed by atoms with van der Waals surface area (Å²) >= 11 is 0. The summed E-state index contributed by atoms with van der Waals surface area (Å²) in [5, 5.41) is 15.0. The summed E-state index contributed by atoms with van der Waals surface area (Å²) < 4.78 is 8.81. The van der Waals surface area contributed by atoms with Crippen LogP contribution in [0.25, 0.3) is 94.7 Å². The van der Waals surface area contributed by atoms with Crippen LogP contribution in [-0.2, 0) is 16.2 Å². The third-order valence-corrected chi connectivity index (χ3v) is 14.3. The molecule has 3 aromatic heterocycles. The number of pyridine rings is 1. The van der Waals surface area contributed by atoms with Crippen LogP contribution in [0.2, 0.25) is 0 Å². The Kier molecular flexibility index (Phi) is 11.7. The Morgan fingerprint density at radius 2 is 1.13 bits per heavy atom. The number of aromatic hydroxyl groups is 1. The van der Waals surface area contributed by atoms with Gasteiger partial charge in [-0.2, -0.15) is 0 Å². The SMILES string of the molecule is CC(C)c1cc(-c2ccc3c(c2)oc2ccccc23)cc(C(C)C)c1-n1c(-c2cc(C(C)(C)C)cc(C(C)(C)C)c2O)nc2c(-c3cc(-c4cc(-c5ccccc5)ccn4)cc(C(C)(C)C)c3)cccc21. The second-order valence-corrected chi connectivity index (χ2v) is 23.3. The first-order chi connectivity index (χ1) is 33.7. The van der Waals surface area contributed by atoms with Crippen molar-refractivity contribution in [2.24, 2.45) is 0 Å². The summed E-state index contributed by atoms with van der Waals surface area (Å²) in [6.07, 6.45) is 1.92. The topological polar surface area (TPSA) is 64.1 Å². The van der Waals surface area contributed by atoms with E-state index in [0.717, 1.165) is 100.0 Å². The highest BCUT2D eigenvalue weighted by molar-refractivity contribution is 6.06. The van der Waals surface area contributed by atoms with Gasteiger partial charge in [-0.25, -0.2) is 4.98 Å². The molecule has 10 rings (SSSR count). The van der Waals surface area contributed by atoms with Gasteiger partial charge in [0.1, 0.15) is 22.7 Å². The molecule has 0 aliphatic rings. The second kappa shape index (κ2) is 17.6. The molecular weight excluding hydrogens is 867 g/mol. The van der Waals surface area contributed by atoms with Gasteiger partial charge in [0.05, 0.1) is 28.0 Å². The molecule has 0 fully saturated rings. The zero-order valence-electron chi connectivity index (χ0n) is 43.8. The molecule has 0 amide bonds. The molecule has 0 bridgehead atoms. The van der Waals surface area contributed by atoms with Crippen LogP contribution in [0.4, 0.5) is 0 Å². The molecule has 0 atom stereocenters. The predicted octanol–water partition coefficient (Wildman–Crippen LogP) is 18.5. The molecule has 0 aliphatic carbocycles. The lowest BCUT2D eigenvalue weighted by Crippen LogP contribution is -2.17. The number of rotatable bonds is 8. The molecule has 0 aliphatic heterocycles. The van der Waals surface area contributed by atoms with E-state index < -0.39 is 0 Å². The van der Waals surface area contributed by atoms with Crippen LogP contribution in [0.3, 0.4) is 0 Å². The van der Waals surface area contributed by atoms with Gasteiger partial charge >= 0.3 is 0 Å². The summed E-state index contributed by atoms with van der Waals surface area (Å²) in [5.74, 6) is 1.25. The largest absolute Gasteiger partial charge is 0.507 e. The Hall–Kier alpha value is -7.24. The molecule has 3 heterocycles. The minimum Gasteiger partial charge on any atom is -0.507 e. The third kappa shape index (κ3) is 8.75. The van der Waals surface area contributed by atoms with Gasteiger partial charge in [0.2, 0.25) is 0 Å². The molecule has 5 nitrogen and oxygen atoms in total. The number of furan rings is 1. The molecule has 0 spiro atoms. The smallest absolute Gasteiger partial charge is 0.149 e. The maximum atomic E-state index is 12.8. The van der Waals surface area contributed by atoms with Crippen LogP contribution in [0.1, 0.15) is 130 Å². The van der Waals surface area contributed by atoms with Crippen molar-refractivity contribution in [2.75, 3.05) is 0 Å². The third-order valence-electron chi connectivity index (χ3n) is 14.3. The van der Waals surface area contributed by atoms with E-state index in [1.54, 1.807) is 0 Å². The van der Waals surface area contributed by atoms with Gasteiger partial charge in [-0.1, -0.05) is 169 Å². The summed E-state index contributed by atoms with van der Waals surface area (Å²) in [6, 6.07) is 52.3. The minimum atomic E-state index is -0.341. The molecule has 0 saturated carbocycles. The van der Waals surface area contributed by atoms with Crippen molar-refractivity contribution in [1.29, 1.82) is 0 Å². The Labute approximate surface area is 420 Å². The quantitative estimate of drug-likeness (QED) is 0.165. The molecule has 0 saturated heterocycles. The average Bonchev–Trinajstić information content (AvgIpc) is 3.91. The fourth-order valence-electron chi connectivity index (χ4n) is 10.2. The fraction of sp³-hybridized carbons (Fsp3) is 0.273. The van der Waals surface area contributed by atoms with E-state index in [1.165, 1.54) is 16.7 Å². The Bertz CT molecular complexity index is 3630. The summed E-state index contributed by atoms with van der Waals surface area (Å²) in [6.45, 7) is 29.2. The number of aromatic nitrogens is 3. The van der Waals surface area contributed by atoms with Crippen molar-refractivity contribution in [1.82, 2.24) is 14.5 Å². The highest BCUT2D eigenvalue weighted by Crippen LogP contribution is 2.47. The number of phenolic OH excluding ortho intramolecular Hbond substituents is 1. The minimum absolute atomic E-state index is 0.135. The van der Waals surface area contributed by atoms with Crippen LogP contribution in [-0.4, -0.2) is 19.6 Å². The van der Waals surface area contributed by atoms with E-state index in [1.807, 2.05) is 18.3 Å². The first-order valence-corrected chi connectivity index (χ1v) is 25.3. The highest BCUT2D eigenvalue weighted by Gasteiger charge is 2.31. The Balaban J connectivity index is 1.27. The van der Waals surface area contributed by atoms with Crippen molar-refractivity contribution < 1.29 is 9.52 Å². The first-order valence-electron chi connectivity index (χ1n) is 25.3. The monoisotopic (exact) mass is 934 g/mol. The number of imidazole rings is 1. The standard InChI is InChI=1S/C66H67N3O2/c1-39(2)52-33-44(42-26-27-51-50-22-17-18-25-58(50)71-59(51)36-42)34-53(40(3)4)61(52)69-57-24-19-23-49(60(57)68-63(69)54-37-48(65(8,9)10)38-55(62(54)70)66(11,12)13)45-30-46(32-47(31-45)64(5,6)7)56-35-43(28-29-67-56)41-20-15-14-16-21-41/h14-40,70H,1-13H3. The molecule has 0 unspecified atom stereocenters. The number of benzene rings is 7. The van der Waals surface area contributed by atoms with Gasteiger partial charge in [-0.3, -0.25) is 9.55 Å². The lowest BCUT2D eigenvalue weighted by Gasteiger charge is -2.28. The fourth-order valence-corrected chi connectivity index (χ4v) is 10.2. The number of fused-ring (bicyclic) bond motifs is 4. The number of hydrogen-bond acceptors (Lipinski definition) is 4. The molecule has 10 aromatic rings. The second-order valence-electron chi connectivity index (χ2n) is 23.3. The van der Waals surface area contributed by atoms with Gasteiger partial charge in [0, 0.05) is 33.7 Å². The normalized spacial score (nSPS) is 12.6. The molecule has 0 radical (unpaired) electrons. The van der Waals surface area contributed by atoms with E-state index >= 15 is 0 Å². The van der Waals surface area contributed by atoms with Crippen LogP contribution < -0.4 is 0 Å². The molecule has 71 heavy (non-hydrogen) atoms. The Morgan fingerprint density at radius 1 is 0.493 bits per heavy atom. The van der Waals surface area contributed by atoms with Gasteiger partial charge in [0.25, 0.3) is 0 Å². The van der Waals surface area contributed by atoms with Gasteiger partial charge in [-0.15, -0.1) is 0 Å². The van der Waals surface area contributed by atoms with Gasteiger partial charge < -0.3 is 9.52 Å². The number of hydrogen-bond donors (Lipinski definition) is 1. The molecule has 5 heteroatoms. The zero-order chi connectivity index (χ0) is 50.3. The van der Waals surface area contributed by atoms with Crippen LogP contribution in [0.5, 0.6) is 5.75 Å². The lowest BCUT2D eigenvalue weighted by molar-refractivity contribution is 0.446. The predicted molar refractivity (Wildman–Crippen MR) is 299 cm³/mol. The maximum Gasteiger partial charge on any atom is 0.149 e. The van der Waals surface area contributed by atoms with E-state index in [9.17, 15) is 5.11 Å². The van der Waals surface area contributed by atoms with Crippen molar-refractivity contribution in [3.05, 3.63) is 180 Å². The highest BCUT2D eigenvalue weighted by atomic mass is 16.3. The number of phenols is 1. The molecule has 1 N–H and O–H groups in total. The van der Waals surface area contributed by atoms with E-state index in [4.69, 9.17) is 14.4 Å². The summed E-state index contributed by atoms with van der Waals surface area (Å²) in [4.78, 5) is 10.8. The van der Waals surface area contributed by atoms with Gasteiger partial charge in [0.15, 0.2) is 0 Å². The van der Waals surface area contributed by atoms with E-state index in [0.29, 0.717) is 5.82 Å². The zero-order valence-corrected chi connectivity index (χ0v) is 43.8. The molecule has 358 valence electrons. The Morgan fingerprint density at radius 3 is 1.80 bits per heavy atom. The first kappa shape index (κ1) is 47.4. The average molecular weight is 934 g/mol. The van der Waals surface area contributed by atoms with Crippen LogP contribution in [0.15, 0.2) is 156 Å². The molecule has 7 aromatic carbocycles. The lowest BCUT2D eigenvalue weighted by atomic mass is 9.78. The molecular formula is C66H67N3O2. The van der Waals surface area contributed by atoms with E-state index in [-0.39, 0.29) is 33.8 Å². The number of nitrogens with zero attached hydrogens (tertiary/aromatic N) is 3. The van der Waals surface area contributed by atoms with Crippen LogP contribution in [0, 0.1) is 0 Å². The van der Waals surface area contributed by atoms with Crippen molar-refractivity contribution >= 4 is 33.0 Å². The number of para-hydroxylation sites is 2.